The number of carbonyl (C=O) groups is 1. The lowest BCUT2D eigenvalue weighted by molar-refractivity contribution is -0.166. The largest absolute Gasteiger partial charge is 0.405 e. The minimum Gasteiger partial charge on any atom is -0.368 e. The molecule has 3 N–H and O–H groups in total. The number of nitrogens with zero attached hydrogens (tertiary/aromatic N) is 2. The van der Waals surface area contributed by atoms with Crippen LogP contribution < -0.4 is 11.1 Å². The number of piperazine rings is 1. The number of nitrogens with two attached hydrogens (primary N) is 1. The first-order chi connectivity index (χ1) is 7.86. The number of alkyl halides is 3. The van der Waals surface area contributed by atoms with Crippen LogP contribution in [0.2, 0.25) is 0 Å². The number of hydrogen-bond acceptors (Lipinski definition) is 4. The summed E-state index contributed by atoms with van der Waals surface area (Å²) in [7, 11) is 0. The molecule has 96 valence electrons. The zero-order chi connectivity index (χ0) is 13.1. The minimum atomic E-state index is -4.58. The van der Waals surface area contributed by atoms with Gasteiger partial charge < -0.3 is 11.1 Å². The molecule has 17 heavy (non-hydrogen) atoms. The molecule has 2 unspecified atom stereocenters. The van der Waals surface area contributed by atoms with Gasteiger partial charge in [0.25, 0.3) is 0 Å². The molecule has 8 heteroatoms. The van der Waals surface area contributed by atoms with Crippen LogP contribution in [0, 0.1) is 17.2 Å². The zero-order valence-corrected chi connectivity index (χ0v) is 9.00. The Kier molecular flexibility index (Phi) is 4.31. The zero-order valence-electron chi connectivity index (χ0n) is 9.00. The summed E-state index contributed by atoms with van der Waals surface area (Å²) in [6.45, 7) is 0.433. The van der Waals surface area contributed by atoms with Crippen molar-refractivity contribution in [1.29, 1.82) is 5.26 Å². The molecule has 0 aromatic rings. The smallest absolute Gasteiger partial charge is 0.368 e. The fourth-order valence-corrected chi connectivity index (χ4v) is 1.70. The normalized spacial score (nSPS) is 24.0. The summed E-state index contributed by atoms with van der Waals surface area (Å²) >= 11 is 0. The molecule has 2 atom stereocenters. The third kappa shape index (κ3) is 3.57. The summed E-state index contributed by atoms with van der Waals surface area (Å²) in [5, 5.41) is 11.4. The molecule has 5 nitrogen and oxygen atoms in total. The molecular weight excluding hydrogens is 237 g/mol. The lowest BCUT2D eigenvalue weighted by Gasteiger charge is -2.35. The molecular formula is C9H13F3N4O. The second-order valence-electron chi connectivity index (χ2n) is 3.84. The molecule has 1 saturated heterocycles. The van der Waals surface area contributed by atoms with Crippen molar-refractivity contribution in [2.45, 2.75) is 12.2 Å². The first-order valence-corrected chi connectivity index (χ1v) is 5.06. The molecule has 0 spiro atoms. The number of hydrogen-bond donors (Lipinski definition) is 2. The van der Waals surface area contributed by atoms with Crippen LogP contribution >= 0.6 is 0 Å². The van der Waals surface area contributed by atoms with Gasteiger partial charge in [-0.3, -0.25) is 9.69 Å². The van der Waals surface area contributed by atoms with Gasteiger partial charge in [-0.05, 0) is 0 Å². The molecule has 0 bridgehead atoms. The molecule has 0 aromatic heterocycles. The van der Waals surface area contributed by atoms with E-state index < -0.39 is 30.6 Å². The van der Waals surface area contributed by atoms with Crippen LogP contribution in [0.15, 0.2) is 0 Å². The van der Waals surface area contributed by atoms with Gasteiger partial charge >= 0.3 is 6.18 Å². The number of amides is 1. The predicted octanol–water partition coefficient (Wildman–Crippen LogP) is -0.552. The summed E-state index contributed by atoms with van der Waals surface area (Å²) in [5.41, 5.74) is 5.10. The lowest BCUT2D eigenvalue weighted by atomic mass is 10.1. The Morgan fingerprint density at radius 1 is 1.65 bits per heavy atom. The van der Waals surface area contributed by atoms with Gasteiger partial charge in [-0.25, -0.2) is 0 Å². The highest BCUT2D eigenvalue weighted by molar-refractivity contribution is 5.80. The van der Waals surface area contributed by atoms with E-state index in [1.165, 1.54) is 11.0 Å². The average Bonchev–Trinajstić information content (AvgIpc) is 2.24. The van der Waals surface area contributed by atoms with E-state index in [4.69, 9.17) is 11.0 Å². The number of rotatable bonds is 3. The third-order valence-electron chi connectivity index (χ3n) is 2.65. The Labute approximate surface area is 96.4 Å². The fraction of sp³-hybridized carbons (Fsp3) is 0.778. The Bertz CT molecular complexity index is 325. The molecule has 0 radical (unpaired) electrons. The van der Waals surface area contributed by atoms with Crippen molar-refractivity contribution < 1.29 is 18.0 Å². The maximum Gasteiger partial charge on any atom is 0.405 e. The molecule has 1 rings (SSSR count). The lowest BCUT2D eigenvalue weighted by Crippen LogP contribution is -2.58. The first-order valence-electron chi connectivity index (χ1n) is 5.06. The van der Waals surface area contributed by atoms with Crippen molar-refractivity contribution in [3.8, 4) is 6.07 Å². The third-order valence-corrected chi connectivity index (χ3v) is 2.65. The van der Waals surface area contributed by atoms with Crippen LogP contribution in [0.25, 0.3) is 0 Å². The monoisotopic (exact) mass is 250 g/mol. The van der Waals surface area contributed by atoms with E-state index in [1.807, 2.05) is 0 Å². The number of carbonyl (C=O) groups excluding carboxylic acids is 1. The summed E-state index contributed by atoms with van der Waals surface area (Å²) in [6.07, 6.45) is -4.58. The van der Waals surface area contributed by atoms with Crippen LogP contribution in [-0.2, 0) is 4.79 Å². The molecule has 1 fully saturated rings. The van der Waals surface area contributed by atoms with Crippen LogP contribution in [-0.4, -0.2) is 49.2 Å². The number of primary amides is 1. The maximum atomic E-state index is 12.4. The molecule has 0 aliphatic carbocycles. The second kappa shape index (κ2) is 5.33. The van der Waals surface area contributed by atoms with E-state index in [-0.39, 0.29) is 13.1 Å². The van der Waals surface area contributed by atoms with E-state index in [2.05, 4.69) is 5.32 Å². The Morgan fingerprint density at radius 3 is 2.76 bits per heavy atom. The second-order valence-corrected chi connectivity index (χ2v) is 3.84. The van der Waals surface area contributed by atoms with Crippen molar-refractivity contribution >= 4 is 5.91 Å². The molecule has 1 aliphatic heterocycles. The number of nitrogens with one attached hydrogen (secondary N) is 1. The molecule has 1 heterocycles. The minimum absolute atomic E-state index is 0.214. The van der Waals surface area contributed by atoms with Crippen molar-refractivity contribution in [2.24, 2.45) is 11.7 Å². The van der Waals surface area contributed by atoms with Crippen molar-refractivity contribution in [2.75, 3.05) is 26.2 Å². The van der Waals surface area contributed by atoms with Crippen LogP contribution in [0.3, 0.4) is 0 Å². The summed E-state index contributed by atoms with van der Waals surface area (Å²) in [4.78, 5) is 12.4. The molecule has 1 amide bonds. The summed E-state index contributed by atoms with van der Waals surface area (Å²) in [6, 6.07) is 0.420. The highest BCUT2D eigenvalue weighted by atomic mass is 19.4. The highest BCUT2D eigenvalue weighted by Gasteiger charge is 2.42. The van der Waals surface area contributed by atoms with Gasteiger partial charge in [0.05, 0.1) is 6.07 Å². The van der Waals surface area contributed by atoms with Gasteiger partial charge in [0.1, 0.15) is 6.04 Å². The SMILES string of the molecule is N#CC(CN1CCNCC1C(N)=O)C(F)(F)F. The van der Waals surface area contributed by atoms with E-state index in [0.29, 0.717) is 6.54 Å². The standard InChI is InChI=1S/C9H13F3N4O/c10-9(11,12)6(3-13)5-16-2-1-15-4-7(16)8(14)17/h6-7,15H,1-2,4-5H2,(H2,14,17). The summed E-state index contributed by atoms with van der Waals surface area (Å²) < 4.78 is 37.3. The van der Waals surface area contributed by atoms with E-state index in [0.717, 1.165) is 0 Å². The van der Waals surface area contributed by atoms with E-state index in [1.54, 1.807) is 0 Å². The van der Waals surface area contributed by atoms with Crippen molar-refractivity contribution in [3.05, 3.63) is 0 Å². The van der Waals surface area contributed by atoms with Crippen molar-refractivity contribution in [1.82, 2.24) is 10.2 Å². The quantitative estimate of drug-likeness (QED) is 0.704. The number of halogens is 3. The topological polar surface area (TPSA) is 82.2 Å². The molecule has 0 aromatic carbocycles. The first kappa shape index (κ1) is 13.7. The van der Waals surface area contributed by atoms with Gasteiger partial charge in [0, 0.05) is 26.2 Å². The van der Waals surface area contributed by atoms with Gasteiger partial charge in [0.15, 0.2) is 5.92 Å². The van der Waals surface area contributed by atoms with Crippen molar-refractivity contribution in [3.63, 3.8) is 0 Å². The van der Waals surface area contributed by atoms with E-state index in [9.17, 15) is 18.0 Å². The molecule has 0 saturated carbocycles. The molecule has 1 aliphatic rings. The van der Waals surface area contributed by atoms with Gasteiger partial charge in [-0.1, -0.05) is 0 Å². The predicted molar refractivity (Wildman–Crippen MR) is 52.6 cm³/mol. The Balaban J connectivity index is 2.71. The maximum absolute atomic E-state index is 12.4. The van der Waals surface area contributed by atoms with E-state index >= 15 is 0 Å². The van der Waals surface area contributed by atoms with Crippen LogP contribution in [0.4, 0.5) is 13.2 Å². The number of nitriles is 1. The van der Waals surface area contributed by atoms with Gasteiger partial charge in [-0.2, -0.15) is 18.4 Å². The Hall–Kier alpha value is -1.33. The fourth-order valence-electron chi connectivity index (χ4n) is 1.70. The highest BCUT2D eigenvalue weighted by Crippen LogP contribution is 2.27. The Morgan fingerprint density at radius 2 is 2.29 bits per heavy atom. The van der Waals surface area contributed by atoms with Gasteiger partial charge in [-0.15, -0.1) is 0 Å². The van der Waals surface area contributed by atoms with Crippen LogP contribution in [0.1, 0.15) is 0 Å². The summed E-state index contributed by atoms with van der Waals surface area (Å²) in [5.74, 6) is -2.78. The van der Waals surface area contributed by atoms with Gasteiger partial charge in [0.2, 0.25) is 5.91 Å². The van der Waals surface area contributed by atoms with Crippen LogP contribution in [0.5, 0.6) is 0 Å². The average molecular weight is 250 g/mol.